The summed E-state index contributed by atoms with van der Waals surface area (Å²) in [5, 5.41) is 9.72. The molecular weight excluding hydrogens is 298 g/mol. The Kier molecular flexibility index (Phi) is 5.66. The number of benzene rings is 1. The highest BCUT2D eigenvalue weighted by Gasteiger charge is 2.16. The summed E-state index contributed by atoms with van der Waals surface area (Å²) in [7, 11) is 1.49. The molecule has 5 heteroatoms. The Morgan fingerprint density at radius 1 is 1.44 bits per heavy atom. The molecule has 1 rings (SSSR count). The van der Waals surface area contributed by atoms with Crippen LogP contribution in [0, 0.1) is 11.3 Å². The Bertz CT molecular complexity index is 480. The van der Waals surface area contributed by atoms with E-state index in [2.05, 4.69) is 22.0 Å². The number of halogens is 1. The minimum absolute atomic E-state index is 0.105. The summed E-state index contributed by atoms with van der Waals surface area (Å²) in [5.74, 6) is 0.119. The van der Waals surface area contributed by atoms with E-state index >= 15 is 0 Å². The van der Waals surface area contributed by atoms with Gasteiger partial charge in [0.1, 0.15) is 11.8 Å². The predicted molar refractivity (Wildman–Crippen MR) is 70.7 cm³/mol. The molecule has 1 aromatic carbocycles. The third-order valence-electron chi connectivity index (χ3n) is 2.43. The van der Waals surface area contributed by atoms with Crippen LogP contribution in [0.5, 0.6) is 5.75 Å². The average molecular weight is 312 g/mol. The minimum Gasteiger partial charge on any atom is -0.495 e. The van der Waals surface area contributed by atoms with Crippen LogP contribution in [0.1, 0.15) is 23.6 Å². The summed E-state index contributed by atoms with van der Waals surface area (Å²) in [5.41, 5.74) is 1.95. The summed E-state index contributed by atoms with van der Waals surface area (Å²) >= 11 is 3.31. The van der Waals surface area contributed by atoms with Crippen molar-refractivity contribution < 1.29 is 14.3 Å². The zero-order valence-electron chi connectivity index (χ0n) is 10.3. The molecule has 0 spiro atoms. The number of hydrogen-bond acceptors (Lipinski definition) is 4. The molecule has 4 nitrogen and oxygen atoms in total. The van der Waals surface area contributed by atoms with Crippen molar-refractivity contribution in [1.29, 1.82) is 5.26 Å². The molecule has 0 fully saturated rings. The molecule has 0 aromatic heterocycles. The fourth-order valence-electron chi connectivity index (χ4n) is 1.64. The first kappa shape index (κ1) is 14.5. The third kappa shape index (κ3) is 3.23. The highest BCUT2D eigenvalue weighted by atomic mass is 79.9. The second-order valence-corrected chi connectivity index (χ2v) is 4.08. The molecule has 0 amide bonds. The second-order valence-electron chi connectivity index (χ2n) is 3.52. The fourth-order valence-corrected chi connectivity index (χ4v) is 2.11. The summed E-state index contributed by atoms with van der Waals surface area (Å²) in [4.78, 5) is 11.5. The maximum atomic E-state index is 11.5. The van der Waals surface area contributed by atoms with Gasteiger partial charge in [-0.15, -0.1) is 0 Å². The third-order valence-corrected chi connectivity index (χ3v) is 3.03. The van der Waals surface area contributed by atoms with Crippen LogP contribution < -0.4 is 4.74 Å². The summed E-state index contributed by atoms with van der Waals surface area (Å²) in [6, 6.07) is 5.70. The molecule has 0 radical (unpaired) electrons. The zero-order valence-corrected chi connectivity index (χ0v) is 11.9. The smallest absolute Gasteiger partial charge is 0.310 e. The topological polar surface area (TPSA) is 59.3 Å². The van der Waals surface area contributed by atoms with Crippen molar-refractivity contribution in [1.82, 2.24) is 0 Å². The van der Waals surface area contributed by atoms with Gasteiger partial charge in [-0.25, -0.2) is 0 Å². The Balaban J connectivity index is 3.14. The Morgan fingerprint density at radius 3 is 2.61 bits per heavy atom. The van der Waals surface area contributed by atoms with Gasteiger partial charge in [0.15, 0.2) is 0 Å². The number of rotatable bonds is 5. The van der Waals surface area contributed by atoms with Crippen LogP contribution in [0.4, 0.5) is 0 Å². The SMILES string of the molecule is CCOC(=O)Cc1ccc(CBr)c(C#N)c1OC. The molecule has 0 saturated heterocycles. The van der Waals surface area contributed by atoms with Crippen molar-refractivity contribution in [2.24, 2.45) is 0 Å². The number of carbonyl (C=O) groups is 1. The van der Waals surface area contributed by atoms with Crippen LogP contribution in [-0.4, -0.2) is 19.7 Å². The van der Waals surface area contributed by atoms with Crippen molar-refractivity contribution in [3.8, 4) is 11.8 Å². The van der Waals surface area contributed by atoms with Gasteiger partial charge in [-0.05, 0) is 12.5 Å². The molecule has 0 aliphatic heterocycles. The first-order valence-corrected chi connectivity index (χ1v) is 6.60. The lowest BCUT2D eigenvalue weighted by Crippen LogP contribution is -2.09. The average Bonchev–Trinajstić information content (AvgIpc) is 2.38. The maximum Gasteiger partial charge on any atom is 0.310 e. The van der Waals surface area contributed by atoms with E-state index in [0.29, 0.717) is 28.8 Å². The number of esters is 1. The molecule has 0 aliphatic rings. The molecule has 96 valence electrons. The summed E-state index contributed by atoms with van der Waals surface area (Å²) in [6.45, 7) is 2.09. The maximum absolute atomic E-state index is 11.5. The van der Waals surface area contributed by atoms with E-state index in [1.807, 2.05) is 6.07 Å². The molecule has 0 saturated carbocycles. The highest BCUT2D eigenvalue weighted by Crippen LogP contribution is 2.28. The van der Waals surface area contributed by atoms with Crippen molar-refractivity contribution in [2.45, 2.75) is 18.7 Å². The van der Waals surface area contributed by atoms with Crippen molar-refractivity contribution in [2.75, 3.05) is 13.7 Å². The summed E-state index contributed by atoms with van der Waals surface area (Å²) in [6.07, 6.45) is 0.105. The largest absolute Gasteiger partial charge is 0.495 e. The van der Waals surface area contributed by atoms with Crippen molar-refractivity contribution in [3.05, 3.63) is 28.8 Å². The Morgan fingerprint density at radius 2 is 2.11 bits per heavy atom. The van der Waals surface area contributed by atoms with Gasteiger partial charge >= 0.3 is 5.97 Å². The van der Waals surface area contributed by atoms with Crippen LogP contribution in [0.3, 0.4) is 0 Å². The van der Waals surface area contributed by atoms with Gasteiger partial charge in [0, 0.05) is 10.9 Å². The van der Waals surface area contributed by atoms with Crippen LogP contribution in [-0.2, 0) is 21.3 Å². The molecule has 0 aliphatic carbocycles. The fraction of sp³-hybridized carbons (Fsp3) is 0.385. The van der Waals surface area contributed by atoms with E-state index in [-0.39, 0.29) is 12.4 Å². The molecule has 0 unspecified atom stereocenters. The van der Waals surface area contributed by atoms with E-state index in [9.17, 15) is 4.79 Å². The Labute approximate surface area is 115 Å². The molecule has 0 N–H and O–H groups in total. The predicted octanol–water partition coefficient (Wildman–Crippen LogP) is 2.57. The van der Waals surface area contributed by atoms with Crippen molar-refractivity contribution >= 4 is 21.9 Å². The number of methoxy groups -OCH3 is 1. The number of alkyl halides is 1. The normalized spacial score (nSPS) is 9.67. The molecule has 0 atom stereocenters. The van der Waals surface area contributed by atoms with Gasteiger partial charge < -0.3 is 9.47 Å². The highest BCUT2D eigenvalue weighted by molar-refractivity contribution is 9.08. The molecule has 18 heavy (non-hydrogen) atoms. The number of nitriles is 1. The first-order chi connectivity index (χ1) is 8.67. The van der Waals surface area contributed by atoms with E-state index < -0.39 is 0 Å². The van der Waals surface area contributed by atoms with Crippen LogP contribution in [0.25, 0.3) is 0 Å². The lowest BCUT2D eigenvalue weighted by atomic mass is 10.0. The number of hydrogen-bond donors (Lipinski definition) is 0. The second kappa shape index (κ2) is 7.02. The molecule has 0 bridgehead atoms. The standard InChI is InChI=1S/C13H14BrNO3/c1-3-18-12(16)6-9-4-5-10(7-14)11(8-15)13(9)17-2/h4-5H,3,6-7H2,1-2H3. The summed E-state index contributed by atoms with van der Waals surface area (Å²) < 4.78 is 10.1. The van der Waals surface area contributed by atoms with E-state index in [4.69, 9.17) is 14.7 Å². The molecule has 1 aromatic rings. The van der Waals surface area contributed by atoms with Gasteiger partial charge in [-0.2, -0.15) is 5.26 Å². The van der Waals surface area contributed by atoms with E-state index in [1.54, 1.807) is 13.0 Å². The quantitative estimate of drug-likeness (QED) is 0.619. The monoisotopic (exact) mass is 311 g/mol. The van der Waals surface area contributed by atoms with E-state index in [1.165, 1.54) is 7.11 Å². The van der Waals surface area contributed by atoms with Gasteiger partial charge in [0.2, 0.25) is 0 Å². The number of carbonyl (C=O) groups excluding carboxylic acids is 1. The van der Waals surface area contributed by atoms with Gasteiger partial charge in [0.05, 0.1) is 25.7 Å². The number of ether oxygens (including phenoxy) is 2. The molecular formula is C13H14BrNO3. The first-order valence-electron chi connectivity index (χ1n) is 5.48. The lowest BCUT2D eigenvalue weighted by Gasteiger charge is -2.12. The lowest BCUT2D eigenvalue weighted by molar-refractivity contribution is -0.142. The van der Waals surface area contributed by atoms with Gasteiger partial charge in [-0.3, -0.25) is 4.79 Å². The van der Waals surface area contributed by atoms with Crippen LogP contribution in [0.2, 0.25) is 0 Å². The molecule has 0 heterocycles. The van der Waals surface area contributed by atoms with E-state index in [0.717, 1.165) is 5.56 Å². The zero-order chi connectivity index (χ0) is 13.5. The minimum atomic E-state index is -0.328. The Hall–Kier alpha value is -1.54. The number of nitrogens with zero attached hydrogens (tertiary/aromatic N) is 1. The van der Waals surface area contributed by atoms with Crippen LogP contribution in [0.15, 0.2) is 12.1 Å². The van der Waals surface area contributed by atoms with Crippen LogP contribution >= 0.6 is 15.9 Å². The van der Waals surface area contributed by atoms with Gasteiger partial charge in [0.25, 0.3) is 0 Å². The van der Waals surface area contributed by atoms with Crippen molar-refractivity contribution in [3.63, 3.8) is 0 Å². The van der Waals surface area contributed by atoms with Gasteiger partial charge in [-0.1, -0.05) is 28.1 Å².